The van der Waals surface area contributed by atoms with Gasteiger partial charge in [0.15, 0.2) is 0 Å². The Morgan fingerprint density at radius 2 is 0.581 bits per heavy atom. The van der Waals surface area contributed by atoms with Crippen LogP contribution >= 0.6 is 125 Å². The molecule has 0 spiro atoms. The molecule has 15 aromatic heterocycles. The Kier molecular flexibility index (Phi) is 35.4. The van der Waals surface area contributed by atoms with E-state index >= 15 is 0 Å². The molecule has 698 valence electrons. The molecule has 0 bridgehead atoms. The number of aromatic nitrogens is 5. The van der Waals surface area contributed by atoms with Crippen LogP contribution in [0.5, 0.6) is 0 Å². The van der Waals surface area contributed by atoms with Gasteiger partial charge in [-0.2, -0.15) is 5.26 Å². The molecule has 34 heteroatoms. The van der Waals surface area contributed by atoms with E-state index in [0.29, 0.717) is 100 Å². The summed E-state index contributed by atoms with van der Waals surface area (Å²) in [5.41, 5.74) is 48.5. The van der Waals surface area contributed by atoms with Gasteiger partial charge >= 0.3 is 0 Å². The summed E-state index contributed by atoms with van der Waals surface area (Å²) in [5.74, 6) is 3.32. The Balaban J connectivity index is 0.000000129. The van der Waals surface area contributed by atoms with E-state index < -0.39 is 54.0 Å². The van der Waals surface area contributed by atoms with Gasteiger partial charge in [0.05, 0.1) is 147 Å². The van der Waals surface area contributed by atoms with Crippen LogP contribution in [0, 0.1) is 11.3 Å². The van der Waals surface area contributed by atoms with Crippen LogP contribution in [0.25, 0.3) is 148 Å². The van der Waals surface area contributed by atoms with Crippen LogP contribution in [0.15, 0.2) is 260 Å². The fourth-order valence-electron chi connectivity index (χ4n) is 14.8. The third-order valence-corrected chi connectivity index (χ3v) is 41.3. The number of pyridine rings is 5. The van der Waals surface area contributed by atoms with E-state index in [0.717, 1.165) is 202 Å². The second kappa shape index (κ2) is 48.0. The number of amides is 1. The molecule has 4 aromatic carbocycles. The summed E-state index contributed by atoms with van der Waals surface area (Å²) in [6, 6.07) is 73.2. The van der Waals surface area contributed by atoms with E-state index in [-0.39, 0.29) is 5.91 Å². The molecule has 0 fully saturated rings. The summed E-state index contributed by atoms with van der Waals surface area (Å²) in [6.45, 7) is 6.27. The zero-order chi connectivity index (χ0) is 95.5. The van der Waals surface area contributed by atoms with Gasteiger partial charge in [0.1, 0.15) is 45.2 Å². The molecule has 19 aromatic rings. The van der Waals surface area contributed by atoms with Crippen molar-refractivity contribution >= 4 is 264 Å². The van der Waals surface area contributed by atoms with Crippen molar-refractivity contribution in [1.29, 1.82) is 5.26 Å². The van der Waals surface area contributed by atoms with Crippen LogP contribution in [0.3, 0.4) is 0 Å². The van der Waals surface area contributed by atoms with Crippen molar-refractivity contribution in [3.63, 3.8) is 0 Å². The van der Waals surface area contributed by atoms with Crippen LogP contribution < -0.4 is 28.7 Å². The van der Waals surface area contributed by atoms with Crippen LogP contribution in [0.2, 0.25) is 0 Å². The number of thiophene rings is 10. The Bertz CT molecular complexity index is 7290. The van der Waals surface area contributed by atoms with E-state index in [1.54, 1.807) is 76.8 Å². The van der Waals surface area contributed by atoms with Gasteiger partial charge in [-0.05, 0) is 171 Å². The number of unbranched alkanes of at least 4 members (excludes halogenated alkanes) is 5. The lowest BCUT2D eigenvalue weighted by atomic mass is 10.0. The van der Waals surface area contributed by atoms with Crippen molar-refractivity contribution in [1.82, 2.24) is 29.8 Å². The Morgan fingerprint density at radius 3 is 0.816 bits per heavy atom. The second-order valence-corrected chi connectivity index (χ2v) is 50.2. The number of nitrogens with zero attached hydrogens (tertiary/aromatic N) is 7. The number of hydrogen-bond acceptors (Lipinski definition) is 27. The highest BCUT2D eigenvalue weighted by atomic mass is 35.5. The molecule has 0 aliphatic carbocycles. The van der Waals surface area contributed by atoms with Crippen LogP contribution in [-0.4, -0.2) is 106 Å². The van der Waals surface area contributed by atoms with Gasteiger partial charge in [-0.15, -0.1) is 125 Å². The number of carbonyl (C=O) groups excluding carboxylic acids is 1. The lowest BCUT2D eigenvalue weighted by Crippen LogP contribution is -2.22. The highest BCUT2D eigenvalue weighted by Gasteiger charge is 2.29. The molecule has 10 N–H and O–H groups in total. The molecule has 0 aliphatic rings. The number of halogens is 1. The second-order valence-electron chi connectivity index (χ2n) is 31.2. The summed E-state index contributed by atoms with van der Waals surface area (Å²) in [6.07, 6.45) is 8.41. The molecule has 0 saturated heterocycles. The van der Waals surface area contributed by atoms with Crippen molar-refractivity contribution < 1.29 is 25.8 Å². The summed E-state index contributed by atoms with van der Waals surface area (Å²) in [5, 5.41) is 23.1. The number of fused-ring (bicyclic) bond motifs is 5. The molecule has 0 aliphatic heterocycles. The third-order valence-electron chi connectivity index (χ3n) is 21.6. The highest BCUT2D eigenvalue weighted by molar-refractivity contribution is 7.89. The van der Waals surface area contributed by atoms with Crippen molar-refractivity contribution in [2.75, 3.05) is 77.4 Å². The quantitative estimate of drug-likeness (QED) is 0.0199. The molecule has 5 atom stereocenters. The van der Waals surface area contributed by atoms with Gasteiger partial charge in [0.2, 0.25) is 0 Å². The first-order valence-electron chi connectivity index (χ1n) is 43.8. The van der Waals surface area contributed by atoms with Gasteiger partial charge < -0.3 is 33.6 Å². The summed E-state index contributed by atoms with van der Waals surface area (Å²) in [4.78, 5) is 47.8. The van der Waals surface area contributed by atoms with Gasteiger partial charge in [-0.1, -0.05) is 192 Å². The summed E-state index contributed by atoms with van der Waals surface area (Å²) >= 11 is 21.1. The Labute approximate surface area is 848 Å². The normalized spacial score (nSPS) is 12.4. The first-order valence-corrected chi connectivity index (χ1v) is 59.4. The predicted octanol–water partition coefficient (Wildman–Crippen LogP) is 28.7. The molecular weight excluding hydrogens is 2010 g/mol. The summed E-state index contributed by atoms with van der Waals surface area (Å²) < 4.78 is 67.3. The number of benzene rings is 4. The molecule has 18 nitrogen and oxygen atoms in total. The topological polar surface area (TPSA) is 324 Å². The minimum atomic E-state index is -1.23. The monoisotopic (exact) mass is 2100 g/mol. The maximum absolute atomic E-state index is 12.8. The van der Waals surface area contributed by atoms with Gasteiger partial charge in [-0.25, -0.2) is 24.9 Å². The van der Waals surface area contributed by atoms with Gasteiger partial charge in [0.25, 0.3) is 5.91 Å². The fraction of sp³-hybridized carbons (Fsp3) is 0.206. The largest absolute Gasteiger partial charge is 0.396 e. The van der Waals surface area contributed by atoms with Crippen molar-refractivity contribution in [3.05, 3.63) is 245 Å². The minimum Gasteiger partial charge on any atom is -0.396 e. The lowest BCUT2D eigenvalue weighted by molar-refractivity contribution is 0.0829. The number of alkyl halides is 1. The average Bonchev–Trinajstić information content (AvgIpc) is 1.61. The zero-order valence-electron chi connectivity index (χ0n) is 74.9. The summed E-state index contributed by atoms with van der Waals surface area (Å²) in [7, 11) is -2.28. The SMILES string of the molecule is CCCCS(=O)c1sc2nc(-c3cccs3)cc(-c3ccccc3)c2c1N.CCCCS(=O)c1sc2nc(-c3cccs3)cc(-c3ccccc3)c2c1N.CCCCS(=O)c1sc2nc(-c3cccs3)cc(C(=O)N(C)C)c2c1N.N#CCCCS(=O)c1sc2nc(-c3cccs3)cc(-c3ccccc3)c2c1N.Nc1c(S(=O)CCCCCl)sc2nc(-c3cccs3)cc(-c3ccccc3)c12. The van der Waals surface area contributed by atoms with Crippen molar-refractivity contribution in [3.8, 4) is 103 Å². The zero-order valence-corrected chi connectivity index (χ0v) is 87.9. The number of hydrogen-bond donors (Lipinski definition) is 5. The van der Waals surface area contributed by atoms with Crippen LogP contribution in [0.4, 0.5) is 28.4 Å². The van der Waals surface area contributed by atoms with Crippen molar-refractivity contribution in [2.45, 2.75) is 106 Å². The molecule has 0 saturated carbocycles. The third kappa shape index (κ3) is 23.4. The molecule has 15 heterocycles. The molecule has 0 radical (unpaired) electrons. The van der Waals surface area contributed by atoms with E-state index in [9.17, 15) is 25.8 Å². The average molecular weight is 2100 g/mol. The van der Waals surface area contributed by atoms with E-state index in [4.69, 9.17) is 70.5 Å². The first kappa shape index (κ1) is 100. The number of nitrogen functional groups attached to an aromatic ring is 5. The molecule has 136 heavy (non-hydrogen) atoms. The van der Waals surface area contributed by atoms with Gasteiger partial charge in [-0.3, -0.25) is 25.8 Å². The number of nitrogens with two attached hydrogens (primary N) is 5. The maximum Gasteiger partial charge on any atom is 0.254 e. The standard InChI is InChI=1S/C21H19ClN2OS3.C21H17N3OS3.2C21H20N2OS3.C18H21N3O2S3/c2*22-10-4-5-12-28(25)21-19(23)18-15(14-7-2-1-3-8-14)13-16(24-20(18)27-21)17-9-6-11-26-17;2*1-2-3-12-27(24)21-19(22)18-15(14-8-5-4-6-9-14)13-16(23-20(18)26-21)17-10-7-11-25-17;1-4-5-9-26(23)18-15(19)14-11(17(22)21(2)3)10-12(20-16(14)25-18)13-7-6-8-24-13/h1-3,6-9,11,13H,4-5,10,12,23H2;1-3,6-9,11,13H,4-5,12,23H2;2*4-11,13H,2-3,12,22H2,1H3;6-8,10H,4-5,9,19H2,1-3H3. The van der Waals surface area contributed by atoms with E-state index in [1.807, 2.05) is 144 Å². The van der Waals surface area contributed by atoms with Gasteiger partial charge in [0, 0.05) is 82.1 Å². The number of rotatable bonds is 31. The molecule has 5 unspecified atom stereocenters. The van der Waals surface area contributed by atoms with E-state index in [2.05, 4.69) is 116 Å². The number of nitriles is 1. The van der Waals surface area contributed by atoms with Crippen LogP contribution in [-0.2, 0) is 54.0 Å². The predicted molar refractivity (Wildman–Crippen MR) is 592 cm³/mol. The van der Waals surface area contributed by atoms with E-state index in [1.165, 1.54) is 61.6 Å². The maximum atomic E-state index is 12.8. The Hall–Kier alpha value is -10.1. The van der Waals surface area contributed by atoms with Crippen molar-refractivity contribution in [2.24, 2.45) is 0 Å². The fourth-order valence-corrected chi connectivity index (χ4v) is 32.2. The smallest absolute Gasteiger partial charge is 0.254 e. The number of anilines is 5. The molecule has 19 rings (SSSR count). The Morgan fingerprint density at radius 1 is 0.338 bits per heavy atom. The first-order chi connectivity index (χ1) is 66.2. The van der Waals surface area contributed by atoms with Crippen LogP contribution in [0.1, 0.15) is 95.3 Å². The number of carbonyl (C=O) groups is 1. The lowest BCUT2D eigenvalue weighted by Gasteiger charge is -2.12. The minimum absolute atomic E-state index is 0.134. The molecular formula is C102H97ClN12O6S15. The molecule has 1 amide bonds. The highest BCUT2D eigenvalue weighted by Crippen LogP contribution is 2.50.